The van der Waals surface area contributed by atoms with Crippen molar-refractivity contribution in [2.24, 2.45) is 5.92 Å². The van der Waals surface area contributed by atoms with E-state index in [0.717, 1.165) is 18.4 Å². The molecule has 2 saturated heterocycles. The van der Waals surface area contributed by atoms with Gasteiger partial charge in [-0.3, -0.25) is 19.1 Å². The van der Waals surface area contributed by atoms with Crippen LogP contribution >= 0.6 is 0 Å². The second kappa shape index (κ2) is 15.7. The van der Waals surface area contributed by atoms with Gasteiger partial charge in [-0.25, -0.2) is 22.6 Å². The van der Waals surface area contributed by atoms with Crippen LogP contribution in [0.2, 0.25) is 0 Å². The Kier molecular flexibility index (Phi) is 11.1. The number of pyridine rings is 1. The summed E-state index contributed by atoms with van der Waals surface area (Å²) in [7, 11) is -2.35. The molecule has 2 aliphatic carbocycles. The summed E-state index contributed by atoms with van der Waals surface area (Å²) >= 11 is 0. The second-order valence-electron chi connectivity index (χ2n) is 15.9. The number of carbonyl (C=O) groups excluding carboxylic acids is 4. The van der Waals surface area contributed by atoms with Gasteiger partial charge in [0.25, 0.3) is 5.91 Å². The minimum atomic E-state index is -3.91. The van der Waals surface area contributed by atoms with Gasteiger partial charge in [-0.15, -0.1) is 0 Å². The molecule has 4 heterocycles. The van der Waals surface area contributed by atoms with Crippen LogP contribution in [-0.2, 0) is 24.4 Å². The number of alkyl halides is 1. The smallest absolute Gasteiger partial charge is 0.318 e. The number of benzene rings is 1. The summed E-state index contributed by atoms with van der Waals surface area (Å²) in [6.45, 7) is 5.44. The van der Waals surface area contributed by atoms with Crippen LogP contribution in [0.1, 0.15) is 77.2 Å². The highest BCUT2D eigenvalue weighted by Crippen LogP contribution is 2.46. The molecule has 56 heavy (non-hydrogen) atoms. The third-order valence-electron chi connectivity index (χ3n) is 11.3. The number of amides is 5. The number of nitrogens with zero attached hydrogens (tertiary/aromatic N) is 3. The van der Waals surface area contributed by atoms with E-state index in [9.17, 15) is 32.0 Å². The van der Waals surface area contributed by atoms with E-state index in [0.29, 0.717) is 54.0 Å². The number of hydrogen-bond donors (Lipinski definition) is 3. The monoisotopic (exact) mass is 798 g/mol. The number of urea groups is 1. The van der Waals surface area contributed by atoms with E-state index < -0.39 is 74.8 Å². The van der Waals surface area contributed by atoms with Gasteiger partial charge in [0.05, 0.1) is 43.6 Å². The Morgan fingerprint density at radius 3 is 2.54 bits per heavy atom. The fourth-order valence-electron chi connectivity index (χ4n) is 7.84. The number of carbonyl (C=O) groups is 4. The van der Waals surface area contributed by atoms with Crippen molar-refractivity contribution in [1.82, 2.24) is 30.1 Å². The lowest BCUT2D eigenvalue weighted by atomic mass is 10.0. The number of nitrogens with one attached hydrogen (secondary N) is 3. The SMILES string of the molecule is COc1ccc2c(O[C@@H]3C[C@H]4C(=O)N[C@]5(C(=O)NS(=O)(=O)C6CC6)C[C@H]5/C=C\CCCCC[C@H](NC(=O)N5CC(F)C5)C(=O)N4C3)cc(OC(C)C)nc2c1C. The van der Waals surface area contributed by atoms with Crippen molar-refractivity contribution in [3.8, 4) is 17.4 Å². The normalized spacial score (nSPS) is 27.9. The zero-order chi connectivity index (χ0) is 39.9. The van der Waals surface area contributed by atoms with E-state index >= 15 is 0 Å². The lowest BCUT2D eigenvalue weighted by Gasteiger charge is -2.36. The highest BCUT2D eigenvalue weighted by Gasteiger charge is 2.62. The van der Waals surface area contributed by atoms with E-state index in [1.807, 2.05) is 39.0 Å². The van der Waals surface area contributed by atoms with Crippen molar-refractivity contribution < 1.29 is 46.2 Å². The first-order chi connectivity index (χ1) is 26.7. The van der Waals surface area contributed by atoms with Gasteiger partial charge in [-0.1, -0.05) is 25.0 Å². The van der Waals surface area contributed by atoms with E-state index in [2.05, 4.69) is 15.4 Å². The van der Waals surface area contributed by atoms with Crippen LogP contribution in [0, 0.1) is 12.8 Å². The minimum absolute atomic E-state index is 0.0196. The van der Waals surface area contributed by atoms with E-state index in [-0.39, 0.29) is 45.0 Å². The Hall–Kier alpha value is -4.67. The third kappa shape index (κ3) is 8.23. The molecule has 2 saturated carbocycles. The zero-order valence-corrected chi connectivity index (χ0v) is 33.0. The third-order valence-corrected chi connectivity index (χ3v) is 13.1. The van der Waals surface area contributed by atoms with Crippen molar-refractivity contribution in [3.05, 3.63) is 35.9 Å². The standard InChI is InChI=1S/C39H51FN6O9S/c1-22(2)54-33-17-32(28-14-15-31(53-4)23(3)34(28)42-33)55-26-16-30-35(47)43-39(37(49)44-56(51,52)27-12-13-27)18-24(39)10-8-6-5-7-9-11-29(36(48)46(30)21-26)41-38(50)45-19-25(40)20-45/h8,10,14-15,17,22,24-27,29-30H,5-7,9,11-13,16,18-21H2,1-4H3,(H,41,50)(H,43,47)(H,44,49)/b10-8-/t24-,26-,29+,30+,39-/m1/s1. The van der Waals surface area contributed by atoms with Crippen LogP contribution < -0.4 is 29.6 Å². The summed E-state index contributed by atoms with van der Waals surface area (Å²) in [6, 6.07) is 2.56. The van der Waals surface area contributed by atoms with E-state index in [1.54, 1.807) is 19.2 Å². The summed E-state index contributed by atoms with van der Waals surface area (Å²) in [6.07, 6.45) is 5.92. The topological polar surface area (TPSA) is 186 Å². The predicted molar refractivity (Wildman–Crippen MR) is 203 cm³/mol. The summed E-state index contributed by atoms with van der Waals surface area (Å²) in [4.78, 5) is 63.4. The Morgan fingerprint density at radius 1 is 1.07 bits per heavy atom. The first-order valence-corrected chi connectivity index (χ1v) is 21.1. The summed E-state index contributed by atoms with van der Waals surface area (Å²) in [5, 5.41) is 5.69. The number of aromatic nitrogens is 1. The molecule has 2 aromatic rings. The molecule has 17 heteroatoms. The fourth-order valence-corrected chi connectivity index (χ4v) is 9.20. The largest absolute Gasteiger partial charge is 0.496 e. The van der Waals surface area contributed by atoms with Gasteiger partial charge >= 0.3 is 6.03 Å². The number of hydrogen-bond acceptors (Lipinski definition) is 10. The quantitative estimate of drug-likeness (QED) is 0.318. The Bertz CT molecular complexity index is 2020. The number of ether oxygens (including phenoxy) is 3. The molecule has 0 radical (unpaired) electrons. The Labute approximate surface area is 326 Å². The van der Waals surface area contributed by atoms with Crippen molar-refractivity contribution in [1.29, 1.82) is 0 Å². The van der Waals surface area contributed by atoms with Gasteiger partial charge in [0.2, 0.25) is 27.7 Å². The number of allylic oxidation sites excluding steroid dienone is 1. The molecule has 3 N–H and O–H groups in total. The number of halogens is 1. The van der Waals surface area contributed by atoms with Gasteiger partial charge in [-0.2, -0.15) is 0 Å². The van der Waals surface area contributed by atoms with Gasteiger partial charge in [0.1, 0.15) is 41.4 Å². The number of likely N-dealkylation sites (tertiary alicyclic amines) is 1. The van der Waals surface area contributed by atoms with Crippen LogP contribution in [0.15, 0.2) is 30.4 Å². The van der Waals surface area contributed by atoms with Gasteiger partial charge in [-0.05, 0) is 71.4 Å². The van der Waals surface area contributed by atoms with Gasteiger partial charge in [0.15, 0.2) is 0 Å². The van der Waals surface area contributed by atoms with Crippen LogP contribution in [0.25, 0.3) is 10.9 Å². The molecule has 5 atom stereocenters. The molecular formula is C39H51FN6O9S. The van der Waals surface area contributed by atoms with Gasteiger partial charge < -0.3 is 34.6 Å². The molecule has 304 valence electrons. The summed E-state index contributed by atoms with van der Waals surface area (Å²) < 4.78 is 59.8. The lowest BCUT2D eigenvalue weighted by molar-refractivity contribution is -0.141. The molecule has 1 aromatic carbocycles. The van der Waals surface area contributed by atoms with E-state index in [1.165, 1.54) is 9.80 Å². The molecule has 0 spiro atoms. The first-order valence-electron chi connectivity index (χ1n) is 19.6. The molecule has 0 bridgehead atoms. The van der Waals surface area contributed by atoms with Gasteiger partial charge in [0, 0.05) is 29.4 Å². The molecule has 7 rings (SSSR count). The number of sulfonamides is 1. The number of aryl methyl sites for hydroxylation is 1. The number of methoxy groups -OCH3 is 1. The molecule has 15 nitrogen and oxygen atoms in total. The lowest BCUT2D eigenvalue weighted by Crippen LogP contribution is -2.61. The maximum absolute atomic E-state index is 14.6. The fraction of sp³-hybridized carbons (Fsp3) is 0.615. The number of rotatable bonds is 9. The second-order valence-corrected chi connectivity index (χ2v) is 17.9. The summed E-state index contributed by atoms with van der Waals surface area (Å²) in [5.74, 6) is -1.07. The van der Waals surface area contributed by atoms with Crippen molar-refractivity contribution in [2.45, 2.75) is 120 Å². The Balaban J connectivity index is 1.21. The molecule has 4 fully saturated rings. The van der Waals surface area contributed by atoms with Crippen molar-refractivity contribution in [2.75, 3.05) is 26.7 Å². The zero-order valence-electron chi connectivity index (χ0n) is 32.2. The minimum Gasteiger partial charge on any atom is -0.496 e. The Morgan fingerprint density at radius 2 is 1.84 bits per heavy atom. The van der Waals surface area contributed by atoms with Crippen molar-refractivity contribution in [3.63, 3.8) is 0 Å². The molecule has 1 aromatic heterocycles. The molecule has 0 unspecified atom stereocenters. The maximum Gasteiger partial charge on any atom is 0.318 e. The maximum atomic E-state index is 14.6. The van der Waals surface area contributed by atoms with E-state index in [4.69, 9.17) is 19.2 Å². The average molecular weight is 799 g/mol. The highest BCUT2D eigenvalue weighted by atomic mass is 32.2. The molecule has 3 aliphatic heterocycles. The predicted octanol–water partition coefficient (Wildman–Crippen LogP) is 3.42. The van der Waals surface area contributed by atoms with Crippen LogP contribution in [0.3, 0.4) is 0 Å². The summed E-state index contributed by atoms with van der Waals surface area (Å²) in [5.41, 5.74) is -0.179. The van der Waals surface area contributed by atoms with Crippen molar-refractivity contribution >= 4 is 44.7 Å². The molecular weight excluding hydrogens is 748 g/mol. The van der Waals surface area contributed by atoms with Crippen LogP contribution in [0.5, 0.6) is 17.4 Å². The van der Waals surface area contributed by atoms with Crippen LogP contribution in [-0.4, -0.2) is 115 Å². The molecule has 5 aliphatic rings. The highest BCUT2D eigenvalue weighted by molar-refractivity contribution is 7.91. The first kappa shape index (κ1) is 39.6. The number of fused-ring (bicyclic) bond motifs is 3. The molecule has 5 amide bonds. The average Bonchev–Trinajstić information content (AvgIpc) is 4.06. The van der Waals surface area contributed by atoms with Crippen LogP contribution in [0.4, 0.5) is 9.18 Å².